The summed E-state index contributed by atoms with van der Waals surface area (Å²) in [6.45, 7) is 3.10. The number of carboxylic acids is 1. The van der Waals surface area contributed by atoms with Gasteiger partial charge in [0.25, 0.3) is 0 Å². The lowest BCUT2D eigenvalue weighted by Crippen LogP contribution is -2.09. The number of ether oxygens (including phenoxy) is 1. The molecule has 0 bridgehead atoms. The van der Waals surface area contributed by atoms with Crippen molar-refractivity contribution in [2.45, 2.75) is 33.1 Å². The Hall–Kier alpha value is -2.17. The summed E-state index contributed by atoms with van der Waals surface area (Å²) in [4.78, 5) is 33.5. The minimum absolute atomic E-state index is 0.0937. The molecule has 108 valence electrons. The number of carbonyl (C=O) groups excluding carboxylic acids is 2. The van der Waals surface area contributed by atoms with Crippen LogP contribution in [0.5, 0.6) is 5.75 Å². The standard InChI is InChI=1S/C15H18O5/c1-10(16)12-6-5-7-13(15(12)11(2)17)20-9-4-3-8-14(18)19/h5-7H,3-4,8-9H2,1-2H3,(H,18,19). The number of ketones is 2. The molecule has 5 heteroatoms. The van der Waals surface area contributed by atoms with Gasteiger partial charge in [-0.15, -0.1) is 0 Å². The second-order valence-electron chi connectivity index (χ2n) is 4.49. The maximum absolute atomic E-state index is 11.7. The molecule has 1 aromatic carbocycles. The van der Waals surface area contributed by atoms with Crippen molar-refractivity contribution in [2.75, 3.05) is 6.61 Å². The Balaban J connectivity index is 2.74. The second kappa shape index (κ2) is 7.43. The summed E-state index contributed by atoms with van der Waals surface area (Å²) in [5.41, 5.74) is 0.638. The Morgan fingerprint density at radius 3 is 2.35 bits per heavy atom. The zero-order valence-electron chi connectivity index (χ0n) is 11.6. The van der Waals surface area contributed by atoms with Crippen LogP contribution in [-0.4, -0.2) is 29.2 Å². The van der Waals surface area contributed by atoms with Gasteiger partial charge in [-0.2, -0.15) is 0 Å². The molecule has 0 aliphatic heterocycles. The number of aliphatic carboxylic acids is 1. The molecule has 0 fully saturated rings. The number of rotatable bonds is 8. The van der Waals surface area contributed by atoms with Crippen LogP contribution in [-0.2, 0) is 4.79 Å². The fraction of sp³-hybridized carbons (Fsp3) is 0.400. The molecule has 1 N–H and O–H groups in total. The number of hydrogen-bond donors (Lipinski definition) is 1. The van der Waals surface area contributed by atoms with Crippen molar-refractivity contribution in [1.82, 2.24) is 0 Å². The van der Waals surface area contributed by atoms with E-state index in [-0.39, 0.29) is 18.0 Å². The van der Waals surface area contributed by atoms with Gasteiger partial charge in [0.1, 0.15) is 5.75 Å². The van der Waals surface area contributed by atoms with Gasteiger partial charge in [-0.25, -0.2) is 0 Å². The zero-order valence-corrected chi connectivity index (χ0v) is 11.6. The minimum atomic E-state index is -0.840. The molecule has 0 atom stereocenters. The molecule has 0 radical (unpaired) electrons. The van der Waals surface area contributed by atoms with Gasteiger partial charge in [0.2, 0.25) is 0 Å². The Bertz CT molecular complexity index is 519. The maximum Gasteiger partial charge on any atom is 0.303 e. The van der Waals surface area contributed by atoms with Gasteiger partial charge < -0.3 is 9.84 Å². The number of unbranched alkanes of at least 4 members (excludes halogenated alkanes) is 1. The van der Waals surface area contributed by atoms with E-state index in [1.807, 2.05) is 0 Å². The fourth-order valence-corrected chi connectivity index (χ4v) is 1.87. The minimum Gasteiger partial charge on any atom is -0.493 e. The number of carboxylic acid groups (broad SMARTS) is 1. The summed E-state index contributed by atoms with van der Waals surface area (Å²) in [6.07, 6.45) is 1.18. The highest BCUT2D eigenvalue weighted by Gasteiger charge is 2.16. The van der Waals surface area contributed by atoms with Crippen LogP contribution in [0.15, 0.2) is 18.2 Å². The fourth-order valence-electron chi connectivity index (χ4n) is 1.87. The van der Waals surface area contributed by atoms with Crippen LogP contribution < -0.4 is 4.74 Å². The van der Waals surface area contributed by atoms with Crippen molar-refractivity contribution in [3.05, 3.63) is 29.3 Å². The van der Waals surface area contributed by atoms with Crippen molar-refractivity contribution in [3.63, 3.8) is 0 Å². The van der Waals surface area contributed by atoms with E-state index in [1.54, 1.807) is 18.2 Å². The number of benzene rings is 1. The Morgan fingerprint density at radius 1 is 1.10 bits per heavy atom. The molecule has 0 spiro atoms. The van der Waals surface area contributed by atoms with Crippen LogP contribution in [0.1, 0.15) is 53.8 Å². The number of carbonyl (C=O) groups is 3. The molecule has 0 saturated heterocycles. The van der Waals surface area contributed by atoms with Gasteiger partial charge in [-0.05, 0) is 32.8 Å². The van der Waals surface area contributed by atoms with Gasteiger partial charge >= 0.3 is 5.97 Å². The molecule has 0 unspecified atom stereocenters. The lowest BCUT2D eigenvalue weighted by Gasteiger charge is -2.12. The SMILES string of the molecule is CC(=O)c1cccc(OCCCCC(=O)O)c1C(C)=O. The third-order valence-electron chi connectivity index (χ3n) is 2.80. The van der Waals surface area contributed by atoms with Crippen molar-refractivity contribution >= 4 is 17.5 Å². The largest absolute Gasteiger partial charge is 0.493 e. The van der Waals surface area contributed by atoms with Gasteiger partial charge in [0.05, 0.1) is 12.2 Å². The van der Waals surface area contributed by atoms with Crippen molar-refractivity contribution in [2.24, 2.45) is 0 Å². The summed E-state index contributed by atoms with van der Waals surface area (Å²) in [5.74, 6) is -0.878. The van der Waals surface area contributed by atoms with Crippen LogP contribution >= 0.6 is 0 Å². The normalized spacial score (nSPS) is 10.1. The lowest BCUT2D eigenvalue weighted by molar-refractivity contribution is -0.137. The van der Waals surface area contributed by atoms with E-state index in [4.69, 9.17) is 9.84 Å². The van der Waals surface area contributed by atoms with Crippen molar-refractivity contribution < 1.29 is 24.2 Å². The highest BCUT2D eigenvalue weighted by molar-refractivity contribution is 6.08. The first-order chi connectivity index (χ1) is 9.43. The van der Waals surface area contributed by atoms with Crippen LogP contribution in [0.4, 0.5) is 0 Å². The van der Waals surface area contributed by atoms with Crippen molar-refractivity contribution in [3.8, 4) is 5.75 Å². The van der Waals surface area contributed by atoms with Crippen LogP contribution in [0.3, 0.4) is 0 Å². The topological polar surface area (TPSA) is 80.7 Å². The Labute approximate surface area is 117 Å². The molecule has 1 aromatic rings. The van der Waals surface area contributed by atoms with Gasteiger partial charge in [-0.3, -0.25) is 14.4 Å². The maximum atomic E-state index is 11.7. The molecule has 5 nitrogen and oxygen atoms in total. The van der Waals surface area contributed by atoms with Crippen LogP contribution in [0.2, 0.25) is 0 Å². The van der Waals surface area contributed by atoms with E-state index < -0.39 is 5.97 Å². The second-order valence-corrected chi connectivity index (χ2v) is 4.49. The predicted octanol–water partition coefficient (Wildman–Crippen LogP) is 2.73. The highest BCUT2D eigenvalue weighted by atomic mass is 16.5. The molecular weight excluding hydrogens is 260 g/mol. The Kier molecular flexibility index (Phi) is 5.90. The molecule has 0 aliphatic rings. The Morgan fingerprint density at radius 2 is 1.80 bits per heavy atom. The first-order valence-corrected chi connectivity index (χ1v) is 6.43. The van der Waals surface area contributed by atoms with Crippen LogP contribution in [0, 0.1) is 0 Å². The van der Waals surface area contributed by atoms with Gasteiger partial charge in [0.15, 0.2) is 11.6 Å². The summed E-state index contributed by atoms with van der Waals surface area (Å²) >= 11 is 0. The monoisotopic (exact) mass is 278 g/mol. The first-order valence-electron chi connectivity index (χ1n) is 6.43. The zero-order chi connectivity index (χ0) is 15.1. The average Bonchev–Trinajstić information content (AvgIpc) is 2.37. The lowest BCUT2D eigenvalue weighted by atomic mass is 10.0. The van der Waals surface area contributed by atoms with Gasteiger partial charge in [-0.1, -0.05) is 12.1 Å². The summed E-state index contributed by atoms with van der Waals surface area (Å²) in [5, 5.41) is 8.52. The number of hydrogen-bond acceptors (Lipinski definition) is 4. The quantitative estimate of drug-likeness (QED) is 0.584. The number of Topliss-reactive ketones (excluding diaryl/α,β-unsaturated/α-hetero) is 2. The van der Waals surface area contributed by atoms with E-state index >= 15 is 0 Å². The predicted molar refractivity (Wildman–Crippen MR) is 73.4 cm³/mol. The molecule has 0 amide bonds. The third kappa shape index (κ3) is 4.50. The molecule has 0 aliphatic carbocycles. The smallest absolute Gasteiger partial charge is 0.303 e. The molecule has 0 heterocycles. The average molecular weight is 278 g/mol. The van der Waals surface area contributed by atoms with E-state index in [9.17, 15) is 14.4 Å². The van der Waals surface area contributed by atoms with Crippen molar-refractivity contribution in [1.29, 1.82) is 0 Å². The molecule has 0 saturated carbocycles. The summed E-state index contributed by atoms with van der Waals surface area (Å²) in [7, 11) is 0. The third-order valence-corrected chi connectivity index (χ3v) is 2.80. The molecule has 1 rings (SSSR count). The van der Waals surface area contributed by atoms with E-state index in [0.717, 1.165) is 0 Å². The van der Waals surface area contributed by atoms with E-state index in [2.05, 4.69) is 0 Å². The van der Waals surface area contributed by atoms with E-state index in [0.29, 0.717) is 36.3 Å². The van der Waals surface area contributed by atoms with Crippen LogP contribution in [0.25, 0.3) is 0 Å². The molecular formula is C15H18O5. The van der Waals surface area contributed by atoms with E-state index in [1.165, 1.54) is 13.8 Å². The summed E-state index contributed by atoms with van der Waals surface area (Å²) in [6, 6.07) is 4.90. The van der Waals surface area contributed by atoms with Gasteiger partial charge in [0, 0.05) is 12.0 Å². The molecule has 20 heavy (non-hydrogen) atoms. The highest BCUT2D eigenvalue weighted by Crippen LogP contribution is 2.24. The summed E-state index contributed by atoms with van der Waals surface area (Å²) < 4.78 is 5.51. The molecule has 0 aromatic heterocycles. The first kappa shape index (κ1) is 15.9.